The van der Waals surface area contributed by atoms with Crippen molar-refractivity contribution < 1.29 is 24.9 Å². The number of rotatable bonds is 0. The molecule has 126 valence electrons. The third-order valence-corrected chi connectivity index (χ3v) is 6.13. The van der Waals surface area contributed by atoms with Crippen molar-refractivity contribution in [2.75, 3.05) is 0 Å². The fraction of sp³-hybridized carbons (Fsp3) is 0.300. The van der Waals surface area contributed by atoms with Gasteiger partial charge in [-0.2, -0.15) is 0 Å². The first-order chi connectivity index (χ1) is 11.9. The topological polar surface area (TPSA) is 94.8 Å². The van der Waals surface area contributed by atoms with E-state index in [1.54, 1.807) is 18.2 Å². The molecule has 0 saturated carbocycles. The molecule has 0 saturated heterocycles. The molecule has 5 rings (SSSR count). The van der Waals surface area contributed by atoms with Crippen LogP contribution in [0.3, 0.4) is 0 Å². The number of carbonyl (C=O) groups excluding carboxylic acids is 2. The maximum atomic E-state index is 12.7. The van der Waals surface area contributed by atoms with Crippen molar-refractivity contribution in [1.82, 2.24) is 0 Å². The van der Waals surface area contributed by atoms with Crippen LogP contribution in [0.1, 0.15) is 62.6 Å². The molecule has 3 aliphatic rings. The smallest absolute Gasteiger partial charge is 0.167 e. The number of fused-ring (bicyclic) bond motifs is 5. The molecule has 25 heavy (non-hydrogen) atoms. The van der Waals surface area contributed by atoms with Crippen LogP contribution in [0.4, 0.5) is 0 Å². The molecule has 0 aromatic heterocycles. The predicted octanol–water partition coefficient (Wildman–Crippen LogP) is 2.61. The summed E-state index contributed by atoms with van der Waals surface area (Å²) >= 11 is 0. The number of aliphatic hydroxyl groups is 1. The third-order valence-electron chi connectivity index (χ3n) is 6.13. The fourth-order valence-corrected chi connectivity index (χ4v) is 5.16. The molecule has 0 radical (unpaired) electrons. The molecular formula is C20H16O5. The minimum atomic E-state index is -1.44. The van der Waals surface area contributed by atoms with Gasteiger partial charge in [-0.15, -0.1) is 0 Å². The average molecular weight is 336 g/mol. The van der Waals surface area contributed by atoms with E-state index in [1.807, 2.05) is 0 Å². The maximum absolute atomic E-state index is 12.7. The van der Waals surface area contributed by atoms with Crippen LogP contribution in [0.15, 0.2) is 30.3 Å². The zero-order valence-electron chi connectivity index (χ0n) is 13.3. The average Bonchev–Trinajstić information content (AvgIpc) is 2.83. The van der Waals surface area contributed by atoms with Crippen molar-refractivity contribution in [2.45, 2.75) is 30.8 Å². The molecule has 0 amide bonds. The van der Waals surface area contributed by atoms with Gasteiger partial charge in [0.1, 0.15) is 17.1 Å². The Morgan fingerprint density at radius 1 is 0.920 bits per heavy atom. The quantitative estimate of drug-likeness (QED) is 0.687. The molecule has 5 heteroatoms. The van der Waals surface area contributed by atoms with Crippen molar-refractivity contribution in [3.8, 4) is 11.5 Å². The second-order valence-electron chi connectivity index (χ2n) is 7.19. The van der Waals surface area contributed by atoms with Crippen LogP contribution in [0, 0.1) is 5.92 Å². The zero-order chi connectivity index (χ0) is 17.5. The number of benzene rings is 2. The molecule has 2 aromatic carbocycles. The molecule has 0 heterocycles. The van der Waals surface area contributed by atoms with Gasteiger partial charge in [-0.25, -0.2) is 0 Å². The lowest BCUT2D eigenvalue weighted by Gasteiger charge is -2.39. The van der Waals surface area contributed by atoms with Crippen LogP contribution >= 0.6 is 0 Å². The molecular weight excluding hydrogens is 320 g/mol. The highest BCUT2D eigenvalue weighted by Crippen LogP contribution is 2.61. The van der Waals surface area contributed by atoms with Crippen molar-refractivity contribution in [1.29, 1.82) is 0 Å². The summed E-state index contributed by atoms with van der Waals surface area (Å²) in [5.41, 5.74) is 0.646. The lowest BCUT2D eigenvalue weighted by atomic mass is 9.67. The SMILES string of the molecule is O=C1C[C@H]2[C@H]3CCC(=O)c4c(O)ccc(c43)[C@@]2(O)c2cccc(O)c21. The molecule has 0 aliphatic heterocycles. The van der Waals surface area contributed by atoms with Crippen LogP contribution in [-0.4, -0.2) is 26.9 Å². The van der Waals surface area contributed by atoms with Crippen LogP contribution in [0.25, 0.3) is 0 Å². The summed E-state index contributed by atoms with van der Waals surface area (Å²) in [6.45, 7) is 0. The summed E-state index contributed by atoms with van der Waals surface area (Å²) in [4.78, 5) is 25.0. The third kappa shape index (κ3) is 1.57. The lowest BCUT2D eigenvalue weighted by Crippen LogP contribution is -2.40. The van der Waals surface area contributed by atoms with E-state index in [1.165, 1.54) is 12.1 Å². The van der Waals surface area contributed by atoms with Gasteiger partial charge in [0.25, 0.3) is 0 Å². The number of carbonyl (C=O) groups is 2. The van der Waals surface area contributed by atoms with Crippen LogP contribution in [-0.2, 0) is 5.60 Å². The molecule has 2 aromatic rings. The van der Waals surface area contributed by atoms with E-state index < -0.39 is 11.5 Å². The Balaban J connectivity index is 1.88. The Kier molecular flexibility index (Phi) is 2.63. The van der Waals surface area contributed by atoms with E-state index in [0.29, 0.717) is 29.5 Å². The van der Waals surface area contributed by atoms with Gasteiger partial charge in [0.05, 0.1) is 11.1 Å². The van der Waals surface area contributed by atoms with Gasteiger partial charge in [-0.1, -0.05) is 18.2 Å². The first kappa shape index (κ1) is 14.7. The highest BCUT2D eigenvalue weighted by molar-refractivity contribution is 6.05. The van der Waals surface area contributed by atoms with Crippen LogP contribution in [0.5, 0.6) is 11.5 Å². The minimum absolute atomic E-state index is 0.0712. The van der Waals surface area contributed by atoms with Crippen LogP contribution < -0.4 is 0 Å². The number of hydrogen-bond acceptors (Lipinski definition) is 5. The fourth-order valence-electron chi connectivity index (χ4n) is 5.16. The molecule has 0 fully saturated rings. The molecule has 3 atom stereocenters. The van der Waals surface area contributed by atoms with E-state index >= 15 is 0 Å². The monoisotopic (exact) mass is 336 g/mol. The van der Waals surface area contributed by atoms with Crippen LogP contribution in [0.2, 0.25) is 0 Å². The first-order valence-electron chi connectivity index (χ1n) is 8.42. The Hall–Kier alpha value is -2.66. The lowest BCUT2D eigenvalue weighted by molar-refractivity contribution is 0.00800. The van der Waals surface area contributed by atoms with Gasteiger partial charge >= 0.3 is 0 Å². The summed E-state index contributed by atoms with van der Waals surface area (Å²) in [5.74, 6) is -1.08. The van der Waals surface area contributed by atoms with Gasteiger partial charge in [0, 0.05) is 24.3 Å². The van der Waals surface area contributed by atoms with E-state index in [-0.39, 0.29) is 46.5 Å². The Bertz CT molecular complexity index is 976. The Morgan fingerprint density at radius 2 is 1.68 bits per heavy atom. The van der Waals surface area contributed by atoms with E-state index in [4.69, 9.17) is 0 Å². The van der Waals surface area contributed by atoms with Gasteiger partial charge in [0.15, 0.2) is 11.6 Å². The number of hydrogen-bond donors (Lipinski definition) is 3. The highest BCUT2D eigenvalue weighted by Gasteiger charge is 2.58. The molecule has 3 N–H and O–H groups in total. The Labute approximate surface area is 143 Å². The summed E-state index contributed by atoms with van der Waals surface area (Å²) in [6.07, 6.45) is 0.952. The molecule has 5 nitrogen and oxygen atoms in total. The number of phenolic OH excluding ortho intramolecular Hbond substituents is 2. The highest BCUT2D eigenvalue weighted by atomic mass is 16.3. The number of ketones is 2. The van der Waals surface area contributed by atoms with Crippen molar-refractivity contribution in [3.05, 3.63) is 58.1 Å². The van der Waals surface area contributed by atoms with Gasteiger partial charge in [-0.05, 0) is 35.6 Å². The van der Waals surface area contributed by atoms with Gasteiger partial charge in [-0.3, -0.25) is 9.59 Å². The largest absolute Gasteiger partial charge is 0.507 e. The summed E-state index contributed by atoms with van der Waals surface area (Å²) in [5, 5.41) is 32.1. The minimum Gasteiger partial charge on any atom is -0.507 e. The number of Topliss-reactive ketones (excluding diaryl/α,β-unsaturated/α-hetero) is 2. The molecule has 3 aliphatic carbocycles. The van der Waals surface area contributed by atoms with E-state index in [0.717, 1.165) is 0 Å². The predicted molar refractivity (Wildman–Crippen MR) is 88.0 cm³/mol. The van der Waals surface area contributed by atoms with Gasteiger partial charge in [0.2, 0.25) is 0 Å². The molecule has 0 bridgehead atoms. The second kappa shape index (κ2) is 4.49. The summed E-state index contributed by atoms with van der Waals surface area (Å²) in [6, 6.07) is 7.80. The summed E-state index contributed by atoms with van der Waals surface area (Å²) in [7, 11) is 0. The number of phenols is 2. The molecule has 0 spiro atoms. The second-order valence-corrected chi connectivity index (χ2v) is 7.19. The number of aromatic hydroxyl groups is 2. The first-order valence-corrected chi connectivity index (χ1v) is 8.42. The normalized spacial score (nSPS) is 29.2. The zero-order valence-corrected chi connectivity index (χ0v) is 13.3. The molecule has 0 unspecified atom stereocenters. The van der Waals surface area contributed by atoms with Crippen molar-refractivity contribution >= 4 is 11.6 Å². The standard InChI is InChI=1S/C20H16O5/c21-13-3-1-2-10-18(13)16(24)8-12-9-4-6-14(22)19-15(23)7-5-11(17(9)19)20(10,12)25/h1-3,5,7,9,12,21,23,25H,4,6,8H2/t9-,12+,20+/m1/s1. The van der Waals surface area contributed by atoms with E-state index in [2.05, 4.69) is 0 Å². The van der Waals surface area contributed by atoms with Crippen molar-refractivity contribution in [3.63, 3.8) is 0 Å². The van der Waals surface area contributed by atoms with Crippen molar-refractivity contribution in [2.24, 2.45) is 5.92 Å². The van der Waals surface area contributed by atoms with Gasteiger partial charge < -0.3 is 15.3 Å². The Morgan fingerprint density at radius 3 is 2.48 bits per heavy atom. The maximum Gasteiger partial charge on any atom is 0.167 e. The summed E-state index contributed by atoms with van der Waals surface area (Å²) < 4.78 is 0. The van der Waals surface area contributed by atoms with E-state index in [9.17, 15) is 24.9 Å².